The zero-order valence-electron chi connectivity index (χ0n) is 11.0. The highest BCUT2D eigenvalue weighted by molar-refractivity contribution is 8.00. The summed E-state index contributed by atoms with van der Waals surface area (Å²) < 4.78 is 0. The van der Waals surface area contributed by atoms with Crippen LogP contribution in [0, 0.1) is 12.8 Å². The molecule has 0 saturated heterocycles. The van der Waals surface area contributed by atoms with E-state index in [4.69, 9.17) is 0 Å². The van der Waals surface area contributed by atoms with Crippen LogP contribution < -0.4 is 5.32 Å². The summed E-state index contributed by atoms with van der Waals surface area (Å²) in [6.45, 7) is 10.00. The first kappa shape index (κ1) is 13.6. The van der Waals surface area contributed by atoms with Gasteiger partial charge in [-0.05, 0) is 43.1 Å². The van der Waals surface area contributed by atoms with Gasteiger partial charge in [-0.2, -0.15) is 0 Å². The summed E-state index contributed by atoms with van der Waals surface area (Å²) in [6.07, 6.45) is 0. The Labute approximate surface area is 104 Å². The van der Waals surface area contributed by atoms with Gasteiger partial charge in [-0.15, -0.1) is 11.8 Å². The summed E-state index contributed by atoms with van der Waals surface area (Å²) in [5.41, 5.74) is 2.78. The Balaban J connectivity index is 2.73. The van der Waals surface area contributed by atoms with Gasteiger partial charge in [0.2, 0.25) is 0 Å². The molecule has 1 rings (SSSR count). The predicted molar refractivity (Wildman–Crippen MR) is 74.1 cm³/mol. The second-order valence-electron chi connectivity index (χ2n) is 4.69. The molecule has 1 aromatic carbocycles. The topological polar surface area (TPSA) is 12.0 Å². The van der Waals surface area contributed by atoms with E-state index in [1.54, 1.807) is 0 Å². The van der Waals surface area contributed by atoms with Crippen molar-refractivity contribution in [2.24, 2.45) is 5.92 Å². The number of hydrogen-bond donors (Lipinski definition) is 1. The molecule has 0 aromatic heterocycles. The molecular weight excluding hydrogens is 214 g/mol. The van der Waals surface area contributed by atoms with Crippen LogP contribution in [0.2, 0.25) is 0 Å². The maximum Gasteiger partial charge on any atom is 0.0205 e. The molecule has 1 atom stereocenters. The minimum atomic E-state index is 0.676. The summed E-state index contributed by atoms with van der Waals surface area (Å²) in [4.78, 5) is 1.39. The summed E-state index contributed by atoms with van der Waals surface area (Å²) >= 11 is 1.97. The fourth-order valence-electron chi connectivity index (χ4n) is 1.48. The standard InChI is InChI=1S/C14H23NS/c1-10(2)12(4)16-14-7-6-13(9-15-5)11(3)8-14/h6-8,10,12,15H,9H2,1-5H3. The van der Waals surface area contributed by atoms with Crippen LogP contribution in [0.4, 0.5) is 0 Å². The van der Waals surface area contributed by atoms with Gasteiger partial charge >= 0.3 is 0 Å². The summed E-state index contributed by atoms with van der Waals surface area (Å²) in [6, 6.07) is 6.78. The molecule has 2 heteroatoms. The number of aryl methyl sites for hydroxylation is 1. The number of rotatable bonds is 5. The molecule has 0 aliphatic heterocycles. The highest BCUT2D eigenvalue weighted by Gasteiger charge is 2.09. The summed E-state index contributed by atoms with van der Waals surface area (Å²) in [5.74, 6) is 0.724. The highest BCUT2D eigenvalue weighted by atomic mass is 32.2. The van der Waals surface area contributed by atoms with Crippen molar-refractivity contribution < 1.29 is 0 Å². The number of hydrogen-bond acceptors (Lipinski definition) is 2. The molecule has 1 aromatic rings. The lowest BCUT2D eigenvalue weighted by molar-refractivity contribution is 0.642. The fraction of sp³-hybridized carbons (Fsp3) is 0.571. The maximum absolute atomic E-state index is 3.20. The van der Waals surface area contributed by atoms with Gasteiger partial charge in [-0.25, -0.2) is 0 Å². The third-order valence-corrected chi connectivity index (χ3v) is 4.38. The molecule has 1 N–H and O–H groups in total. The van der Waals surface area contributed by atoms with Crippen molar-refractivity contribution in [2.45, 2.75) is 44.4 Å². The van der Waals surface area contributed by atoms with Crippen LogP contribution in [-0.2, 0) is 6.54 Å². The van der Waals surface area contributed by atoms with Gasteiger partial charge in [0.05, 0.1) is 0 Å². The van der Waals surface area contributed by atoms with Crippen molar-refractivity contribution in [1.29, 1.82) is 0 Å². The number of benzene rings is 1. The largest absolute Gasteiger partial charge is 0.316 e. The Hall–Kier alpha value is -0.470. The minimum absolute atomic E-state index is 0.676. The highest BCUT2D eigenvalue weighted by Crippen LogP contribution is 2.29. The van der Waals surface area contributed by atoms with E-state index < -0.39 is 0 Å². The lowest BCUT2D eigenvalue weighted by Gasteiger charge is -2.16. The first-order valence-electron chi connectivity index (χ1n) is 5.95. The summed E-state index contributed by atoms with van der Waals surface area (Å²) in [5, 5.41) is 3.87. The van der Waals surface area contributed by atoms with E-state index in [0.717, 1.165) is 12.5 Å². The van der Waals surface area contributed by atoms with E-state index in [-0.39, 0.29) is 0 Å². The van der Waals surface area contributed by atoms with Gasteiger partial charge in [0.1, 0.15) is 0 Å². The zero-order chi connectivity index (χ0) is 12.1. The molecule has 0 saturated carbocycles. The predicted octanol–water partition coefficient (Wildman–Crippen LogP) is 3.85. The SMILES string of the molecule is CNCc1ccc(SC(C)C(C)C)cc1C. The Morgan fingerprint density at radius 3 is 2.44 bits per heavy atom. The smallest absolute Gasteiger partial charge is 0.0205 e. The van der Waals surface area contributed by atoms with Crippen molar-refractivity contribution in [3.05, 3.63) is 29.3 Å². The van der Waals surface area contributed by atoms with Crippen LogP contribution in [0.1, 0.15) is 31.9 Å². The Bertz CT molecular complexity index is 334. The van der Waals surface area contributed by atoms with Gasteiger partial charge < -0.3 is 5.32 Å². The lowest BCUT2D eigenvalue weighted by atomic mass is 10.1. The van der Waals surface area contributed by atoms with Crippen molar-refractivity contribution >= 4 is 11.8 Å². The van der Waals surface area contributed by atoms with E-state index in [2.05, 4.69) is 51.2 Å². The molecule has 0 fully saturated rings. The minimum Gasteiger partial charge on any atom is -0.316 e. The molecule has 16 heavy (non-hydrogen) atoms. The van der Waals surface area contributed by atoms with Crippen LogP contribution in [0.25, 0.3) is 0 Å². The normalized spacial score (nSPS) is 13.1. The third-order valence-electron chi connectivity index (χ3n) is 2.94. The van der Waals surface area contributed by atoms with E-state index in [0.29, 0.717) is 5.25 Å². The van der Waals surface area contributed by atoms with E-state index >= 15 is 0 Å². The van der Waals surface area contributed by atoms with Crippen LogP contribution >= 0.6 is 11.8 Å². The first-order valence-corrected chi connectivity index (χ1v) is 6.83. The lowest BCUT2D eigenvalue weighted by Crippen LogP contribution is -2.07. The maximum atomic E-state index is 3.20. The fourth-order valence-corrected chi connectivity index (χ4v) is 2.57. The second-order valence-corrected chi connectivity index (χ2v) is 6.14. The van der Waals surface area contributed by atoms with Gasteiger partial charge in [0, 0.05) is 16.7 Å². The van der Waals surface area contributed by atoms with Crippen molar-refractivity contribution in [3.8, 4) is 0 Å². The first-order chi connectivity index (χ1) is 7.54. The van der Waals surface area contributed by atoms with Gasteiger partial charge in [0.15, 0.2) is 0 Å². The van der Waals surface area contributed by atoms with Crippen molar-refractivity contribution in [3.63, 3.8) is 0 Å². The molecule has 0 spiro atoms. The third kappa shape index (κ3) is 3.84. The van der Waals surface area contributed by atoms with E-state index in [9.17, 15) is 0 Å². The van der Waals surface area contributed by atoms with E-state index in [1.807, 2.05) is 18.8 Å². The van der Waals surface area contributed by atoms with Crippen LogP contribution in [0.5, 0.6) is 0 Å². The zero-order valence-corrected chi connectivity index (χ0v) is 11.8. The second kappa shape index (κ2) is 6.31. The molecule has 0 radical (unpaired) electrons. The van der Waals surface area contributed by atoms with Gasteiger partial charge in [0.25, 0.3) is 0 Å². The van der Waals surface area contributed by atoms with Crippen molar-refractivity contribution in [1.82, 2.24) is 5.32 Å². The molecule has 90 valence electrons. The molecule has 0 heterocycles. The number of nitrogens with one attached hydrogen (secondary N) is 1. The molecular formula is C14H23NS. The summed E-state index contributed by atoms with van der Waals surface area (Å²) in [7, 11) is 1.99. The Morgan fingerprint density at radius 1 is 1.25 bits per heavy atom. The molecule has 1 unspecified atom stereocenters. The molecule has 0 bridgehead atoms. The number of thioether (sulfide) groups is 1. The monoisotopic (exact) mass is 237 g/mol. The van der Waals surface area contributed by atoms with Crippen LogP contribution in [-0.4, -0.2) is 12.3 Å². The molecule has 0 amide bonds. The quantitative estimate of drug-likeness (QED) is 0.781. The van der Waals surface area contributed by atoms with Gasteiger partial charge in [-0.3, -0.25) is 0 Å². The van der Waals surface area contributed by atoms with Crippen molar-refractivity contribution in [2.75, 3.05) is 7.05 Å². The average Bonchev–Trinajstić information content (AvgIpc) is 2.22. The van der Waals surface area contributed by atoms with Crippen LogP contribution in [0.15, 0.2) is 23.1 Å². The van der Waals surface area contributed by atoms with Crippen LogP contribution in [0.3, 0.4) is 0 Å². The van der Waals surface area contributed by atoms with E-state index in [1.165, 1.54) is 16.0 Å². The average molecular weight is 237 g/mol. The molecule has 0 aliphatic carbocycles. The molecule has 0 aliphatic rings. The van der Waals surface area contributed by atoms with Gasteiger partial charge in [-0.1, -0.05) is 26.8 Å². The Kier molecular flexibility index (Phi) is 5.36. The Morgan fingerprint density at radius 2 is 1.94 bits per heavy atom. The molecule has 1 nitrogen and oxygen atoms in total.